The van der Waals surface area contributed by atoms with E-state index in [0.717, 1.165) is 18.6 Å². The molecule has 2 N–H and O–H groups in total. The fourth-order valence-corrected chi connectivity index (χ4v) is 9.65. The highest BCUT2D eigenvalue weighted by Crippen LogP contribution is 2.46. The van der Waals surface area contributed by atoms with Gasteiger partial charge in [0.15, 0.2) is 10.9 Å². The number of benzene rings is 2. The summed E-state index contributed by atoms with van der Waals surface area (Å²) in [6.45, 7) is 4.71. The van der Waals surface area contributed by atoms with E-state index in [-0.39, 0.29) is 40.3 Å². The second-order valence-corrected chi connectivity index (χ2v) is 17.0. The number of halogens is 5. The Morgan fingerprint density at radius 1 is 1.02 bits per heavy atom. The first-order chi connectivity index (χ1) is 22.5. The highest BCUT2D eigenvalue weighted by atomic mass is 32.2. The summed E-state index contributed by atoms with van der Waals surface area (Å²) in [4.78, 5) is 14.4. The van der Waals surface area contributed by atoms with Gasteiger partial charge in [0.2, 0.25) is 5.95 Å². The number of anilines is 3. The zero-order valence-electron chi connectivity index (χ0n) is 25.5. The molecule has 4 aromatic rings. The minimum atomic E-state index is -5.26. The highest BCUT2D eigenvalue weighted by molar-refractivity contribution is 7.92. The maximum absolute atomic E-state index is 16.3. The van der Waals surface area contributed by atoms with Gasteiger partial charge >= 0.3 is 6.18 Å². The van der Waals surface area contributed by atoms with Crippen LogP contribution in [0, 0.1) is 11.6 Å². The first-order valence-electron chi connectivity index (χ1n) is 14.7. The number of rotatable bonds is 8. The van der Waals surface area contributed by atoms with Crippen molar-refractivity contribution in [2.45, 2.75) is 55.8 Å². The molecule has 10 nitrogen and oxygen atoms in total. The van der Waals surface area contributed by atoms with Crippen LogP contribution in [-0.2, 0) is 26.0 Å². The Bertz CT molecular complexity index is 2090. The number of sulfonamides is 1. The average molecular weight is 729 g/mol. The van der Waals surface area contributed by atoms with Gasteiger partial charge in [-0.3, -0.25) is 4.72 Å². The van der Waals surface area contributed by atoms with Gasteiger partial charge in [-0.2, -0.15) is 13.2 Å². The molecule has 2 fully saturated rings. The molecule has 0 atom stereocenters. The van der Waals surface area contributed by atoms with Crippen LogP contribution in [0.25, 0.3) is 21.8 Å². The van der Waals surface area contributed by atoms with Crippen molar-refractivity contribution in [1.82, 2.24) is 15.0 Å². The Morgan fingerprint density at radius 3 is 2.38 bits per heavy atom. The minimum Gasteiger partial charge on any atom is -0.351 e. The SMILES string of the molecule is CC1(C)CCN1c1nc(-c2cccc(NS(=O)(=O)c3c(F)cccc3C(F)(F)F)c2F)c(-c2ccnc(NC3CCS(=O)(=O)CC3)n2)s1. The molecule has 2 saturated heterocycles. The van der Waals surface area contributed by atoms with Crippen molar-refractivity contribution >= 4 is 48.0 Å². The molecule has 0 spiro atoms. The molecule has 6 rings (SSSR count). The summed E-state index contributed by atoms with van der Waals surface area (Å²) in [6.07, 6.45) is -2.10. The van der Waals surface area contributed by atoms with Crippen molar-refractivity contribution in [2.75, 3.05) is 33.0 Å². The Hall–Kier alpha value is -3.90. The molecular weight excluding hydrogens is 700 g/mol. The van der Waals surface area contributed by atoms with Gasteiger partial charge in [-0.25, -0.2) is 40.6 Å². The second kappa shape index (κ2) is 12.2. The molecule has 18 heteroatoms. The number of aromatic nitrogens is 3. The van der Waals surface area contributed by atoms with Crippen LogP contribution >= 0.6 is 11.3 Å². The number of hydrogen-bond acceptors (Lipinski definition) is 10. The van der Waals surface area contributed by atoms with Crippen LogP contribution in [0.4, 0.5) is 38.7 Å². The molecule has 2 aromatic carbocycles. The van der Waals surface area contributed by atoms with Crippen LogP contribution in [0.2, 0.25) is 0 Å². The predicted octanol–water partition coefficient (Wildman–Crippen LogP) is 6.34. The molecule has 256 valence electrons. The normalized spacial score (nSPS) is 17.9. The lowest BCUT2D eigenvalue weighted by Gasteiger charge is -2.48. The molecule has 0 amide bonds. The van der Waals surface area contributed by atoms with Crippen molar-refractivity contribution in [3.05, 3.63) is 65.9 Å². The Balaban J connectivity index is 1.40. The number of thiazole rings is 1. The summed E-state index contributed by atoms with van der Waals surface area (Å²) in [5.41, 5.74) is -2.45. The van der Waals surface area contributed by atoms with E-state index in [1.165, 1.54) is 29.7 Å². The summed E-state index contributed by atoms with van der Waals surface area (Å²) in [5, 5.41) is 3.70. The van der Waals surface area contributed by atoms with E-state index in [4.69, 9.17) is 4.98 Å². The third-order valence-electron chi connectivity index (χ3n) is 8.34. The summed E-state index contributed by atoms with van der Waals surface area (Å²) < 4.78 is 124. The summed E-state index contributed by atoms with van der Waals surface area (Å²) in [7, 11) is -8.36. The highest BCUT2D eigenvalue weighted by Gasteiger charge is 2.40. The Labute approximate surface area is 277 Å². The molecule has 0 unspecified atom stereocenters. The third kappa shape index (κ3) is 6.69. The first kappa shape index (κ1) is 34.0. The maximum Gasteiger partial charge on any atom is 0.417 e. The van der Waals surface area contributed by atoms with Crippen LogP contribution in [-0.4, -0.2) is 61.4 Å². The van der Waals surface area contributed by atoms with Gasteiger partial charge in [-0.15, -0.1) is 0 Å². The van der Waals surface area contributed by atoms with Gasteiger partial charge in [0, 0.05) is 29.9 Å². The summed E-state index contributed by atoms with van der Waals surface area (Å²) in [6, 6.07) is 6.76. The topological polar surface area (TPSA) is 134 Å². The van der Waals surface area contributed by atoms with E-state index >= 15 is 4.39 Å². The lowest BCUT2D eigenvalue weighted by Crippen LogP contribution is -2.56. The number of alkyl halides is 3. The van der Waals surface area contributed by atoms with Gasteiger partial charge < -0.3 is 10.2 Å². The van der Waals surface area contributed by atoms with Crippen LogP contribution in [0.15, 0.2) is 53.6 Å². The van der Waals surface area contributed by atoms with E-state index in [0.29, 0.717) is 47.2 Å². The fraction of sp³-hybridized carbons (Fsp3) is 0.367. The lowest BCUT2D eigenvalue weighted by atomic mass is 9.90. The van der Waals surface area contributed by atoms with E-state index in [9.17, 15) is 34.4 Å². The van der Waals surface area contributed by atoms with E-state index in [2.05, 4.69) is 15.3 Å². The molecule has 4 heterocycles. The van der Waals surface area contributed by atoms with Crippen molar-refractivity contribution < 1.29 is 38.8 Å². The molecule has 0 radical (unpaired) electrons. The minimum absolute atomic E-state index is 0.0339. The molecule has 2 aliphatic rings. The van der Waals surface area contributed by atoms with Gasteiger partial charge in [-0.05, 0) is 63.4 Å². The smallest absolute Gasteiger partial charge is 0.351 e. The largest absolute Gasteiger partial charge is 0.417 e. The van der Waals surface area contributed by atoms with Crippen LogP contribution in [0.3, 0.4) is 0 Å². The fourth-order valence-electron chi connectivity index (χ4n) is 5.57. The molecule has 2 aliphatic heterocycles. The predicted molar refractivity (Wildman–Crippen MR) is 172 cm³/mol. The molecule has 0 aliphatic carbocycles. The van der Waals surface area contributed by atoms with Crippen molar-refractivity contribution in [1.29, 1.82) is 0 Å². The van der Waals surface area contributed by atoms with Crippen molar-refractivity contribution in [3.8, 4) is 21.8 Å². The third-order valence-corrected chi connectivity index (χ3v) is 12.6. The van der Waals surface area contributed by atoms with Gasteiger partial charge in [0.05, 0.1) is 39.0 Å². The van der Waals surface area contributed by atoms with Crippen LogP contribution in [0.5, 0.6) is 0 Å². The van der Waals surface area contributed by atoms with Crippen molar-refractivity contribution in [3.63, 3.8) is 0 Å². The van der Waals surface area contributed by atoms with Gasteiger partial charge in [0.1, 0.15) is 20.5 Å². The second-order valence-electron chi connectivity index (χ2n) is 12.1. The number of hydrogen-bond donors (Lipinski definition) is 2. The molecule has 48 heavy (non-hydrogen) atoms. The quantitative estimate of drug-likeness (QED) is 0.199. The number of nitrogens with one attached hydrogen (secondary N) is 2. The Morgan fingerprint density at radius 2 is 1.73 bits per heavy atom. The molecule has 0 bridgehead atoms. The molecular formula is C30H29F5N6O4S3. The van der Waals surface area contributed by atoms with E-state index in [1.54, 1.807) is 10.8 Å². The monoisotopic (exact) mass is 728 g/mol. The average Bonchev–Trinajstić information content (AvgIpc) is 3.42. The molecule has 0 saturated carbocycles. The van der Waals surface area contributed by atoms with E-state index < -0.39 is 53.8 Å². The zero-order chi connectivity index (χ0) is 34.6. The lowest BCUT2D eigenvalue weighted by molar-refractivity contribution is -0.140. The van der Waals surface area contributed by atoms with Crippen LogP contribution in [0.1, 0.15) is 38.7 Å². The first-order valence-corrected chi connectivity index (χ1v) is 18.8. The maximum atomic E-state index is 16.3. The van der Waals surface area contributed by atoms with Crippen molar-refractivity contribution in [2.24, 2.45) is 0 Å². The number of nitrogens with zero attached hydrogens (tertiary/aromatic N) is 4. The Kier molecular flexibility index (Phi) is 8.64. The summed E-state index contributed by atoms with van der Waals surface area (Å²) in [5.74, 6) is -2.52. The summed E-state index contributed by atoms with van der Waals surface area (Å²) >= 11 is 1.22. The van der Waals surface area contributed by atoms with Gasteiger partial charge in [0.25, 0.3) is 10.0 Å². The number of sulfone groups is 1. The van der Waals surface area contributed by atoms with Gasteiger partial charge in [-0.1, -0.05) is 23.5 Å². The van der Waals surface area contributed by atoms with Crippen LogP contribution < -0.4 is 14.9 Å². The zero-order valence-corrected chi connectivity index (χ0v) is 27.9. The van der Waals surface area contributed by atoms with E-state index in [1.807, 2.05) is 18.7 Å². The molecule has 2 aromatic heterocycles. The standard InChI is InChI=1S/C30H29F5N6O4S3/c1-29(2)12-14-41(29)28-39-24(25(46-28)22-9-13-36-27(38-22)37-17-10-15-47(42,43)16-11-17)18-5-3-8-21(23(18)32)40-48(44,45)26-19(30(33,34)35)6-4-7-20(26)31/h3-9,13,17,40H,10-12,14-16H2,1-2H3,(H,36,37,38).